The van der Waals surface area contributed by atoms with Crippen molar-refractivity contribution in [2.45, 2.75) is 0 Å². The van der Waals surface area contributed by atoms with Crippen molar-refractivity contribution in [2.24, 2.45) is 0 Å². The van der Waals surface area contributed by atoms with Crippen LogP contribution in [-0.4, -0.2) is 0 Å². The number of furan rings is 1. The Labute approximate surface area is 287 Å². The van der Waals surface area contributed by atoms with Gasteiger partial charge in [0.05, 0.1) is 11.4 Å². The van der Waals surface area contributed by atoms with Crippen LogP contribution < -0.4 is 4.90 Å². The SMILES string of the molecule is c1ccc(-c2cccc3c2oc2c(N(c4ccc5c(c4)sc4ccccc45)c4ccccc4-c4ccc5ccccc5c4)cccc23)cc1. The Bertz CT molecular complexity index is 2840. The normalized spacial score (nSPS) is 11.7. The van der Waals surface area contributed by atoms with E-state index in [9.17, 15) is 0 Å². The van der Waals surface area contributed by atoms with Crippen LogP contribution in [0.15, 0.2) is 180 Å². The first kappa shape index (κ1) is 27.9. The minimum atomic E-state index is 0.866. The van der Waals surface area contributed by atoms with Gasteiger partial charge in [-0.25, -0.2) is 0 Å². The van der Waals surface area contributed by atoms with Crippen LogP contribution in [0.5, 0.6) is 0 Å². The van der Waals surface area contributed by atoms with Gasteiger partial charge in [-0.05, 0) is 58.3 Å². The van der Waals surface area contributed by atoms with E-state index in [0.717, 1.165) is 55.7 Å². The van der Waals surface area contributed by atoms with Crippen LogP contribution in [0.3, 0.4) is 0 Å². The molecule has 8 aromatic carbocycles. The molecule has 230 valence electrons. The predicted octanol–water partition coefficient (Wildman–Crippen LogP) is 13.9. The van der Waals surface area contributed by atoms with Gasteiger partial charge in [-0.1, -0.05) is 140 Å². The Morgan fingerprint density at radius 1 is 0.388 bits per heavy atom. The van der Waals surface area contributed by atoms with Crippen LogP contribution >= 0.6 is 11.3 Å². The summed E-state index contributed by atoms with van der Waals surface area (Å²) in [5, 5.41) is 7.24. The highest BCUT2D eigenvalue weighted by atomic mass is 32.1. The summed E-state index contributed by atoms with van der Waals surface area (Å²) in [7, 11) is 0. The maximum atomic E-state index is 6.99. The Balaban J connectivity index is 1.25. The number of anilines is 3. The fraction of sp³-hybridized carbons (Fsp3) is 0. The third-order valence-electron chi connectivity index (χ3n) is 9.66. The van der Waals surface area contributed by atoms with E-state index >= 15 is 0 Å². The van der Waals surface area contributed by atoms with E-state index in [1.54, 1.807) is 0 Å². The van der Waals surface area contributed by atoms with Gasteiger partial charge in [0.15, 0.2) is 5.58 Å². The van der Waals surface area contributed by atoms with E-state index in [1.165, 1.54) is 36.5 Å². The first-order valence-corrected chi connectivity index (χ1v) is 17.4. The zero-order valence-corrected chi connectivity index (χ0v) is 27.3. The Hall–Kier alpha value is -6.16. The molecule has 0 fully saturated rings. The smallest absolute Gasteiger partial charge is 0.159 e. The van der Waals surface area contributed by atoms with Crippen molar-refractivity contribution in [3.05, 3.63) is 176 Å². The molecule has 2 nitrogen and oxygen atoms in total. The van der Waals surface area contributed by atoms with Crippen LogP contribution in [0.4, 0.5) is 17.1 Å². The summed E-state index contributed by atoms with van der Waals surface area (Å²) in [6.07, 6.45) is 0. The average molecular weight is 644 g/mol. The fourth-order valence-electron chi connectivity index (χ4n) is 7.36. The number of fused-ring (bicyclic) bond motifs is 7. The maximum absolute atomic E-state index is 6.99. The first-order chi connectivity index (χ1) is 24.3. The van der Waals surface area contributed by atoms with Crippen molar-refractivity contribution in [3.8, 4) is 22.3 Å². The molecule has 2 heterocycles. The summed E-state index contributed by atoms with van der Waals surface area (Å²) in [4.78, 5) is 2.39. The minimum Gasteiger partial charge on any atom is -0.453 e. The lowest BCUT2D eigenvalue weighted by Gasteiger charge is -2.28. The highest BCUT2D eigenvalue weighted by Crippen LogP contribution is 2.48. The van der Waals surface area contributed by atoms with Gasteiger partial charge in [-0.2, -0.15) is 0 Å². The zero-order chi connectivity index (χ0) is 32.3. The van der Waals surface area contributed by atoms with E-state index in [1.807, 2.05) is 11.3 Å². The second kappa shape index (κ2) is 11.2. The molecule has 0 atom stereocenters. The number of hydrogen-bond donors (Lipinski definition) is 0. The third-order valence-corrected chi connectivity index (χ3v) is 10.8. The summed E-state index contributed by atoms with van der Waals surface area (Å²) in [6.45, 7) is 0. The van der Waals surface area contributed by atoms with Crippen molar-refractivity contribution in [3.63, 3.8) is 0 Å². The van der Waals surface area contributed by atoms with Crippen LogP contribution in [0.2, 0.25) is 0 Å². The molecule has 2 aromatic heterocycles. The second-order valence-corrected chi connectivity index (χ2v) is 13.6. The summed E-state index contributed by atoms with van der Waals surface area (Å²) < 4.78 is 9.55. The first-order valence-electron chi connectivity index (χ1n) is 16.6. The highest BCUT2D eigenvalue weighted by molar-refractivity contribution is 7.25. The molecule has 0 spiro atoms. The molecular formula is C46H29NOS. The van der Waals surface area contributed by atoms with E-state index < -0.39 is 0 Å². The second-order valence-electron chi connectivity index (χ2n) is 12.5. The van der Waals surface area contributed by atoms with Gasteiger partial charge < -0.3 is 9.32 Å². The number of hydrogen-bond acceptors (Lipinski definition) is 3. The molecule has 0 radical (unpaired) electrons. The van der Waals surface area contributed by atoms with Gasteiger partial charge in [-0.15, -0.1) is 11.3 Å². The van der Waals surface area contributed by atoms with Crippen molar-refractivity contribution in [2.75, 3.05) is 4.90 Å². The third kappa shape index (κ3) is 4.55. The van der Waals surface area contributed by atoms with E-state index in [0.29, 0.717) is 0 Å². The summed E-state index contributed by atoms with van der Waals surface area (Å²) in [5.41, 5.74) is 9.51. The average Bonchev–Trinajstić information content (AvgIpc) is 3.74. The minimum absolute atomic E-state index is 0.866. The molecule has 0 amide bonds. The van der Waals surface area contributed by atoms with Crippen molar-refractivity contribution in [1.82, 2.24) is 0 Å². The number of thiophene rings is 1. The maximum Gasteiger partial charge on any atom is 0.159 e. The van der Waals surface area contributed by atoms with E-state index in [4.69, 9.17) is 4.42 Å². The lowest BCUT2D eigenvalue weighted by molar-refractivity contribution is 0.670. The van der Waals surface area contributed by atoms with Gasteiger partial charge in [0.2, 0.25) is 0 Å². The van der Waals surface area contributed by atoms with Gasteiger partial charge in [0.25, 0.3) is 0 Å². The van der Waals surface area contributed by atoms with Crippen molar-refractivity contribution < 1.29 is 4.42 Å². The van der Waals surface area contributed by atoms with Crippen molar-refractivity contribution in [1.29, 1.82) is 0 Å². The van der Waals surface area contributed by atoms with Crippen LogP contribution in [0.1, 0.15) is 0 Å². The van der Waals surface area contributed by atoms with E-state index in [-0.39, 0.29) is 0 Å². The predicted molar refractivity (Wildman–Crippen MR) is 210 cm³/mol. The van der Waals surface area contributed by atoms with Gasteiger partial charge in [0, 0.05) is 47.8 Å². The topological polar surface area (TPSA) is 16.4 Å². The van der Waals surface area contributed by atoms with Crippen molar-refractivity contribution >= 4 is 81.3 Å². The number of rotatable bonds is 5. The number of para-hydroxylation sites is 3. The molecule has 0 saturated heterocycles. The van der Waals surface area contributed by atoms with Gasteiger partial charge >= 0.3 is 0 Å². The molecule has 0 N–H and O–H groups in total. The lowest BCUT2D eigenvalue weighted by atomic mass is 9.98. The lowest BCUT2D eigenvalue weighted by Crippen LogP contribution is -2.11. The Kier molecular flexibility index (Phi) is 6.39. The quantitative estimate of drug-likeness (QED) is 0.186. The standard InChI is InChI=1S/C46H29NOS/c1-2-13-31(14-3-1)36-18-10-19-39-40-20-11-22-42(46(40)48-45(36)39)47(34-26-27-38-37-17-7-9-23-43(37)49-44(38)29-34)41-21-8-6-16-35(41)33-25-24-30-12-4-5-15-32(30)28-33/h1-29H. The largest absolute Gasteiger partial charge is 0.453 e. The monoisotopic (exact) mass is 643 g/mol. The van der Waals surface area contributed by atoms with Crippen LogP contribution in [-0.2, 0) is 0 Å². The van der Waals surface area contributed by atoms with Crippen LogP contribution in [0, 0.1) is 0 Å². The fourth-order valence-corrected chi connectivity index (χ4v) is 8.50. The molecule has 10 rings (SSSR count). The molecule has 10 aromatic rings. The molecular weight excluding hydrogens is 615 g/mol. The molecule has 3 heteroatoms. The highest BCUT2D eigenvalue weighted by Gasteiger charge is 2.23. The molecule has 0 aliphatic heterocycles. The summed E-state index contributed by atoms with van der Waals surface area (Å²) in [5.74, 6) is 0. The van der Waals surface area contributed by atoms with Gasteiger partial charge in [0.1, 0.15) is 5.58 Å². The zero-order valence-electron chi connectivity index (χ0n) is 26.5. The Morgan fingerprint density at radius 3 is 1.98 bits per heavy atom. The molecule has 0 bridgehead atoms. The number of nitrogens with zero attached hydrogens (tertiary/aromatic N) is 1. The van der Waals surface area contributed by atoms with Gasteiger partial charge in [-0.3, -0.25) is 0 Å². The van der Waals surface area contributed by atoms with E-state index in [2.05, 4.69) is 181 Å². The summed E-state index contributed by atoms with van der Waals surface area (Å²) in [6, 6.07) is 63.1. The summed E-state index contributed by atoms with van der Waals surface area (Å²) >= 11 is 1.84. The molecule has 0 aliphatic carbocycles. The molecule has 0 saturated carbocycles. The van der Waals surface area contributed by atoms with Crippen LogP contribution in [0.25, 0.3) is 75.1 Å². The molecule has 0 unspecified atom stereocenters. The molecule has 0 aliphatic rings. The Morgan fingerprint density at radius 2 is 1.06 bits per heavy atom. The molecule has 49 heavy (non-hydrogen) atoms. The number of benzene rings is 8.